The lowest BCUT2D eigenvalue weighted by molar-refractivity contribution is 1.48. The molecule has 17 heavy (non-hydrogen) atoms. The Morgan fingerprint density at radius 3 is 2.35 bits per heavy atom. The average molecular weight is 220 g/mol. The van der Waals surface area contributed by atoms with Crippen LogP contribution in [0.5, 0.6) is 0 Å². The molecule has 0 aliphatic heterocycles. The monoisotopic (exact) mass is 220 g/mol. The van der Waals surface area contributed by atoms with Gasteiger partial charge in [-0.25, -0.2) is 0 Å². The van der Waals surface area contributed by atoms with Gasteiger partial charge in [0.2, 0.25) is 0 Å². The zero-order valence-corrected chi connectivity index (χ0v) is 9.80. The van der Waals surface area contributed by atoms with E-state index >= 15 is 0 Å². The molecule has 0 bridgehead atoms. The van der Waals surface area contributed by atoms with Gasteiger partial charge in [-0.15, -0.1) is 0 Å². The standard InChI is InChI=1S/C16H14N/c1-14-9-11-16(12-10-14)17-13-5-8-15-6-3-2-4-7-15/h2-12H,1H3/q+1/b8-5+. The molecule has 0 aliphatic carbocycles. The molecule has 0 fully saturated rings. The highest BCUT2D eigenvalue weighted by molar-refractivity contribution is 5.54. The van der Waals surface area contributed by atoms with Gasteiger partial charge < -0.3 is 0 Å². The predicted octanol–water partition coefficient (Wildman–Crippen LogP) is 4.67. The second kappa shape index (κ2) is 5.67. The van der Waals surface area contributed by atoms with Crippen LogP contribution in [0.4, 0.5) is 5.69 Å². The van der Waals surface area contributed by atoms with Crippen molar-refractivity contribution < 1.29 is 0 Å². The molecule has 0 spiro atoms. The summed E-state index contributed by atoms with van der Waals surface area (Å²) in [5.41, 5.74) is 3.32. The molecular formula is C16H14N+. The maximum absolute atomic E-state index is 4.23. The van der Waals surface area contributed by atoms with Crippen LogP contribution in [0.25, 0.3) is 10.9 Å². The Morgan fingerprint density at radius 1 is 0.941 bits per heavy atom. The maximum Gasteiger partial charge on any atom is 0.340 e. The normalized spacial score (nSPS) is 9.94. The lowest BCUT2D eigenvalue weighted by Crippen LogP contribution is -1.67. The van der Waals surface area contributed by atoms with Gasteiger partial charge in [-0.1, -0.05) is 48.0 Å². The Bertz CT molecular complexity index is 554. The highest BCUT2D eigenvalue weighted by Gasteiger charge is 1.96. The number of benzene rings is 2. The van der Waals surface area contributed by atoms with E-state index < -0.39 is 0 Å². The van der Waals surface area contributed by atoms with Crippen molar-refractivity contribution in [3.8, 4) is 6.07 Å². The van der Waals surface area contributed by atoms with Crippen molar-refractivity contribution >= 4 is 11.8 Å². The molecule has 0 unspecified atom stereocenters. The number of hydrogen-bond acceptors (Lipinski definition) is 0. The molecule has 2 aromatic carbocycles. The molecule has 1 heteroatoms. The summed E-state index contributed by atoms with van der Waals surface area (Å²) < 4.78 is 0. The number of nitrogens with zero attached hydrogens (tertiary/aromatic N) is 1. The van der Waals surface area contributed by atoms with Gasteiger partial charge >= 0.3 is 11.8 Å². The highest BCUT2D eigenvalue weighted by atomic mass is 14.6. The first kappa shape index (κ1) is 11.2. The van der Waals surface area contributed by atoms with Crippen molar-refractivity contribution in [1.82, 2.24) is 0 Å². The lowest BCUT2D eigenvalue weighted by Gasteiger charge is -1.86. The van der Waals surface area contributed by atoms with Crippen molar-refractivity contribution in [1.29, 1.82) is 0 Å². The van der Waals surface area contributed by atoms with Crippen LogP contribution in [0.2, 0.25) is 0 Å². The molecule has 82 valence electrons. The fourth-order valence-electron chi connectivity index (χ4n) is 1.43. The fourth-order valence-corrected chi connectivity index (χ4v) is 1.43. The zero-order chi connectivity index (χ0) is 11.9. The summed E-state index contributed by atoms with van der Waals surface area (Å²) >= 11 is 0. The highest BCUT2D eigenvalue weighted by Crippen LogP contribution is 2.12. The Morgan fingerprint density at radius 2 is 1.65 bits per heavy atom. The first-order valence-electron chi connectivity index (χ1n) is 5.59. The molecule has 0 aromatic heterocycles. The fraction of sp³-hybridized carbons (Fsp3) is 0.0625. The Kier molecular flexibility index (Phi) is 3.72. The minimum absolute atomic E-state index is 0.924. The first-order chi connectivity index (χ1) is 8.34. The third-order valence-corrected chi connectivity index (χ3v) is 2.38. The third-order valence-electron chi connectivity index (χ3n) is 2.38. The second-order valence-corrected chi connectivity index (χ2v) is 3.82. The summed E-state index contributed by atoms with van der Waals surface area (Å²) in [6.45, 7) is 2.06. The molecule has 0 heterocycles. The quantitative estimate of drug-likeness (QED) is 0.615. The van der Waals surface area contributed by atoms with Gasteiger partial charge in [0.1, 0.15) is 0 Å². The number of allylic oxidation sites excluding steroid dienone is 1. The van der Waals surface area contributed by atoms with E-state index in [0.717, 1.165) is 11.3 Å². The van der Waals surface area contributed by atoms with Crippen LogP contribution in [-0.4, -0.2) is 0 Å². The SMILES string of the molecule is Cc1ccc([N+]#C/C=C/c2ccccc2)cc1. The smallest absolute Gasteiger partial charge is 0.0622 e. The van der Waals surface area contributed by atoms with Crippen molar-refractivity contribution in [3.63, 3.8) is 0 Å². The summed E-state index contributed by atoms with van der Waals surface area (Å²) in [6.07, 6.45) is 3.81. The summed E-state index contributed by atoms with van der Waals surface area (Å²) in [5.74, 6) is 0. The number of aryl methyl sites for hydroxylation is 1. The van der Waals surface area contributed by atoms with Gasteiger partial charge in [-0.05, 0) is 23.4 Å². The van der Waals surface area contributed by atoms with E-state index in [4.69, 9.17) is 0 Å². The van der Waals surface area contributed by atoms with Gasteiger partial charge in [0.05, 0.1) is 6.08 Å². The van der Waals surface area contributed by atoms with E-state index in [1.165, 1.54) is 5.56 Å². The van der Waals surface area contributed by atoms with Gasteiger partial charge in [0, 0.05) is 12.1 Å². The predicted molar refractivity (Wildman–Crippen MR) is 73.6 cm³/mol. The number of hydrogen-bond donors (Lipinski definition) is 0. The van der Waals surface area contributed by atoms with Crippen molar-refractivity contribution in [2.24, 2.45) is 0 Å². The third kappa shape index (κ3) is 3.62. The van der Waals surface area contributed by atoms with E-state index in [1.807, 2.05) is 66.7 Å². The van der Waals surface area contributed by atoms with E-state index in [0.29, 0.717) is 0 Å². The van der Waals surface area contributed by atoms with E-state index in [2.05, 4.69) is 17.8 Å². The van der Waals surface area contributed by atoms with Crippen LogP contribution in [-0.2, 0) is 0 Å². The minimum atomic E-state index is 0.924. The largest absolute Gasteiger partial charge is 0.340 e. The molecule has 2 aromatic rings. The van der Waals surface area contributed by atoms with Crippen LogP contribution < -0.4 is 0 Å². The summed E-state index contributed by atoms with van der Waals surface area (Å²) in [5, 5.41) is 0. The Hall–Kier alpha value is -2.33. The average Bonchev–Trinajstić information content (AvgIpc) is 2.38. The van der Waals surface area contributed by atoms with Crippen LogP contribution in [0, 0.1) is 13.0 Å². The molecule has 0 amide bonds. The molecule has 0 N–H and O–H groups in total. The van der Waals surface area contributed by atoms with E-state index in [9.17, 15) is 0 Å². The second-order valence-electron chi connectivity index (χ2n) is 3.82. The lowest BCUT2D eigenvalue weighted by atomic mass is 10.2. The van der Waals surface area contributed by atoms with Gasteiger partial charge in [-0.3, -0.25) is 0 Å². The van der Waals surface area contributed by atoms with Crippen molar-refractivity contribution in [2.75, 3.05) is 0 Å². The zero-order valence-electron chi connectivity index (χ0n) is 9.80. The molecule has 0 atom stereocenters. The van der Waals surface area contributed by atoms with Gasteiger partial charge in [0.15, 0.2) is 0 Å². The Labute approximate surface area is 102 Å². The van der Waals surface area contributed by atoms with Crippen LogP contribution in [0.1, 0.15) is 11.1 Å². The van der Waals surface area contributed by atoms with Crippen molar-refractivity contribution in [2.45, 2.75) is 6.92 Å². The summed E-state index contributed by atoms with van der Waals surface area (Å²) in [4.78, 5) is 4.23. The summed E-state index contributed by atoms with van der Waals surface area (Å²) in [6, 6.07) is 21.1. The maximum atomic E-state index is 4.23. The molecule has 0 aliphatic rings. The van der Waals surface area contributed by atoms with Crippen LogP contribution in [0.3, 0.4) is 0 Å². The van der Waals surface area contributed by atoms with E-state index in [-0.39, 0.29) is 0 Å². The summed E-state index contributed by atoms with van der Waals surface area (Å²) in [7, 11) is 0. The molecule has 0 saturated carbocycles. The molecule has 0 saturated heterocycles. The molecule has 2 rings (SSSR count). The first-order valence-corrected chi connectivity index (χ1v) is 5.59. The topological polar surface area (TPSA) is 4.36 Å². The molecule has 1 nitrogen and oxygen atoms in total. The van der Waals surface area contributed by atoms with Gasteiger partial charge in [-0.2, -0.15) is 0 Å². The molecule has 0 radical (unpaired) electrons. The van der Waals surface area contributed by atoms with Crippen LogP contribution in [0.15, 0.2) is 60.7 Å². The van der Waals surface area contributed by atoms with E-state index in [1.54, 1.807) is 0 Å². The minimum Gasteiger partial charge on any atom is -0.0622 e. The Balaban J connectivity index is 2.04. The number of rotatable bonds is 1. The van der Waals surface area contributed by atoms with Crippen molar-refractivity contribution in [3.05, 3.63) is 76.6 Å². The van der Waals surface area contributed by atoms with Gasteiger partial charge in [0.25, 0.3) is 0 Å². The van der Waals surface area contributed by atoms with Crippen LogP contribution >= 0.6 is 0 Å². The molecular weight excluding hydrogens is 206 g/mol.